The molecule has 0 radical (unpaired) electrons. The van der Waals surface area contributed by atoms with Crippen molar-refractivity contribution in [1.29, 1.82) is 0 Å². The number of nitrogens with one attached hydrogen (secondary N) is 2. The minimum atomic E-state index is 0. The molecule has 0 unspecified atom stereocenters. The Morgan fingerprint density at radius 3 is 2.60 bits per heavy atom. The number of guanidine groups is 1. The van der Waals surface area contributed by atoms with Gasteiger partial charge in [0, 0.05) is 38.0 Å². The molecule has 1 aliphatic rings. The maximum Gasteiger partial charge on any atom is 0.191 e. The molecule has 1 aromatic heterocycles. The summed E-state index contributed by atoms with van der Waals surface area (Å²) in [6.45, 7) is 9.43. The highest BCUT2D eigenvalue weighted by Crippen LogP contribution is 2.20. The Balaban J connectivity index is 0.00000312. The number of aromatic nitrogens is 2. The molecule has 1 aliphatic carbocycles. The molecule has 1 heterocycles. The van der Waals surface area contributed by atoms with E-state index in [1.807, 2.05) is 18.7 Å². The monoisotopic (exact) mass is 463 g/mol. The predicted octanol–water partition coefficient (Wildman–Crippen LogP) is 3.06. The second-order valence-electron chi connectivity index (χ2n) is 6.53. The van der Waals surface area contributed by atoms with Crippen LogP contribution in [0, 0.1) is 13.8 Å². The fourth-order valence-corrected chi connectivity index (χ4v) is 3.13. The Hall–Kier alpha value is -0.830. The summed E-state index contributed by atoms with van der Waals surface area (Å²) in [5.74, 6) is 0.862. The number of ether oxygens (including phenoxy) is 1. The van der Waals surface area contributed by atoms with E-state index < -0.39 is 0 Å². The maximum absolute atomic E-state index is 5.90. The topological polar surface area (TPSA) is 63.5 Å². The van der Waals surface area contributed by atoms with Crippen LogP contribution in [0.4, 0.5) is 0 Å². The molecule has 7 heteroatoms. The third kappa shape index (κ3) is 7.13. The molecule has 144 valence electrons. The molecule has 1 fully saturated rings. The molecule has 1 aromatic rings. The first-order valence-corrected chi connectivity index (χ1v) is 9.24. The van der Waals surface area contributed by atoms with Gasteiger partial charge >= 0.3 is 0 Å². The van der Waals surface area contributed by atoms with Gasteiger partial charge in [-0.25, -0.2) is 4.99 Å². The number of hydrogen-bond donors (Lipinski definition) is 2. The largest absolute Gasteiger partial charge is 0.378 e. The molecule has 0 atom stereocenters. The number of rotatable bonds is 8. The number of nitrogens with zero attached hydrogens (tertiary/aromatic N) is 3. The van der Waals surface area contributed by atoms with Gasteiger partial charge in [0.1, 0.15) is 0 Å². The van der Waals surface area contributed by atoms with Crippen LogP contribution in [0.1, 0.15) is 56.0 Å². The zero-order valence-corrected chi connectivity index (χ0v) is 18.4. The lowest BCUT2D eigenvalue weighted by molar-refractivity contribution is 0.0574. The molecule has 2 N–H and O–H groups in total. The molecule has 0 aliphatic heterocycles. The van der Waals surface area contributed by atoms with Gasteiger partial charge in [-0.05, 0) is 40.0 Å². The Morgan fingerprint density at radius 2 is 2.00 bits per heavy atom. The van der Waals surface area contributed by atoms with E-state index in [1.165, 1.54) is 36.9 Å². The van der Waals surface area contributed by atoms with Crippen molar-refractivity contribution >= 4 is 29.9 Å². The molecular formula is C18H34IN5O. The average Bonchev–Trinajstić information content (AvgIpc) is 3.15. The smallest absolute Gasteiger partial charge is 0.191 e. The normalized spacial score (nSPS) is 15.3. The van der Waals surface area contributed by atoms with Crippen molar-refractivity contribution in [1.82, 2.24) is 20.4 Å². The van der Waals surface area contributed by atoms with Gasteiger partial charge in [-0.1, -0.05) is 12.8 Å². The lowest BCUT2D eigenvalue weighted by Crippen LogP contribution is -2.38. The van der Waals surface area contributed by atoms with Crippen LogP contribution < -0.4 is 10.6 Å². The summed E-state index contributed by atoms with van der Waals surface area (Å²) < 4.78 is 7.81. The molecule has 6 nitrogen and oxygen atoms in total. The van der Waals surface area contributed by atoms with Crippen LogP contribution in [0.25, 0.3) is 0 Å². The molecule has 1 saturated carbocycles. The molecule has 0 saturated heterocycles. The van der Waals surface area contributed by atoms with Gasteiger partial charge in [0.25, 0.3) is 0 Å². The number of aryl methyl sites for hydroxylation is 2. The summed E-state index contributed by atoms with van der Waals surface area (Å²) >= 11 is 0. The van der Waals surface area contributed by atoms with E-state index >= 15 is 0 Å². The Bertz CT molecular complexity index is 538. The quantitative estimate of drug-likeness (QED) is 0.269. The van der Waals surface area contributed by atoms with Gasteiger partial charge in [0.2, 0.25) is 0 Å². The zero-order valence-electron chi connectivity index (χ0n) is 16.1. The fraction of sp³-hybridized carbons (Fsp3) is 0.778. The summed E-state index contributed by atoms with van der Waals surface area (Å²) in [5, 5.41) is 11.1. The van der Waals surface area contributed by atoms with Crippen LogP contribution in [0.2, 0.25) is 0 Å². The lowest BCUT2D eigenvalue weighted by Gasteiger charge is -2.13. The van der Waals surface area contributed by atoms with Crippen LogP contribution >= 0.6 is 24.0 Å². The molecule has 0 amide bonds. The van der Waals surface area contributed by atoms with Gasteiger partial charge in [-0.2, -0.15) is 5.10 Å². The summed E-state index contributed by atoms with van der Waals surface area (Å²) in [6.07, 6.45) is 6.64. The highest BCUT2D eigenvalue weighted by atomic mass is 127. The van der Waals surface area contributed by atoms with Crippen molar-refractivity contribution < 1.29 is 4.74 Å². The maximum atomic E-state index is 5.90. The lowest BCUT2D eigenvalue weighted by atomic mass is 10.2. The third-order valence-electron chi connectivity index (χ3n) is 4.67. The second-order valence-corrected chi connectivity index (χ2v) is 6.53. The Kier molecular flexibility index (Phi) is 10.4. The summed E-state index contributed by atoms with van der Waals surface area (Å²) in [6, 6.07) is 0. The predicted molar refractivity (Wildman–Crippen MR) is 114 cm³/mol. The third-order valence-corrected chi connectivity index (χ3v) is 4.67. The molecule has 2 rings (SSSR count). The summed E-state index contributed by atoms with van der Waals surface area (Å²) in [4.78, 5) is 4.69. The Labute approximate surface area is 169 Å². The summed E-state index contributed by atoms with van der Waals surface area (Å²) in [7, 11) is 1.98. The van der Waals surface area contributed by atoms with Gasteiger partial charge in [0.15, 0.2) is 5.96 Å². The highest BCUT2D eigenvalue weighted by Gasteiger charge is 2.14. The molecule has 0 bridgehead atoms. The van der Waals surface area contributed by atoms with E-state index in [4.69, 9.17) is 9.73 Å². The molecular weight excluding hydrogens is 429 g/mol. The van der Waals surface area contributed by atoms with E-state index in [0.717, 1.165) is 37.8 Å². The zero-order chi connectivity index (χ0) is 17.4. The van der Waals surface area contributed by atoms with E-state index in [0.29, 0.717) is 12.6 Å². The Morgan fingerprint density at radius 1 is 1.28 bits per heavy atom. The van der Waals surface area contributed by atoms with E-state index in [1.54, 1.807) is 0 Å². The van der Waals surface area contributed by atoms with Crippen molar-refractivity contribution in [3.63, 3.8) is 0 Å². The molecule has 0 spiro atoms. The van der Waals surface area contributed by atoms with Crippen molar-refractivity contribution in [3.05, 3.63) is 17.0 Å². The van der Waals surface area contributed by atoms with Gasteiger partial charge in [0.05, 0.1) is 18.3 Å². The van der Waals surface area contributed by atoms with Crippen molar-refractivity contribution in [2.75, 3.05) is 19.7 Å². The number of halogens is 1. The fourth-order valence-electron chi connectivity index (χ4n) is 3.13. The minimum absolute atomic E-state index is 0. The standard InChI is InChI=1S/C18H33N5O.HI/c1-5-19-18(20-11-8-12-24-16-9-6-7-10-16)21-13-17-14(2)22-23(4)15(17)3;/h16H,5-13H2,1-4H3,(H2,19,20,21);1H. The minimum Gasteiger partial charge on any atom is -0.378 e. The van der Waals surface area contributed by atoms with Crippen molar-refractivity contribution in [2.45, 2.75) is 65.5 Å². The van der Waals surface area contributed by atoms with Crippen molar-refractivity contribution in [3.8, 4) is 0 Å². The van der Waals surface area contributed by atoms with Crippen LogP contribution in [-0.2, 0) is 18.3 Å². The highest BCUT2D eigenvalue weighted by molar-refractivity contribution is 14.0. The van der Waals surface area contributed by atoms with Gasteiger partial charge in [-0.15, -0.1) is 24.0 Å². The average molecular weight is 463 g/mol. The van der Waals surface area contributed by atoms with Crippen LogP contribution in [0.5, 0.6) is 0 Å². The van der Waals surface area contributed by atoms with Gasteiger partial charge < -0.3 is 15.4 Å². The van der Waals surface area contributed by atoms with E-state index in [9.17, 15) is 0 Å². The van der Waals surface area contributed by atoms with Gasteiger partial charge in [-0.3, -0.25) is 4.68 Å². The van der Waals surface area contributed by atoms with E-state index in [-0.39, 0.29) is 24.0 Å². The summed E-state index contributed by atoms with van der Waals surface area (Å²) in [5.41, 5.74) is 3.44. The number of hydrogen-bond acceptors (Lipinski definition) is 3. The molecule has 25 heavy (non-hydrogen) atoms. The van der Waals surface area contributed by atoms with E-state index in [2.05, 4.69) is 29.6 Å². The van der Waals surface area contributed by atoms with Crippen LogP contribution in [0.15, 0.2) is 4.99 Å². The van der Waals surface area contributed by atoms with Crippen molar-refractivity contribution in [2.24, 2.45) is 12.0 Å². The molecule has 0 aromatic carbocycles. The van der Waals surface area contributed by atoms with Crippen LogP contribution in [-0.4, -0.2) is 41.5 Å². The van der Waals surface area contributed by atoms with Crippen LogP contribution in [0.3, 0.4) is 0 Å². The first-order chi connectivity index (χ1) is 11.6. The first-order valence-electron chi connectivity index (χ1n) is 9.24. The SMILES string of the molecule is CCNC(=NCc1c(C)nn(C)c1C)NCCCOC1CCCC1.I. The second kappa shape index (κ2) is 11.7. The number of aliphatic imine (C=N–C) groups is 1. The first kappa shape index (κ1) is 22.2.